The minimum Gasteiger partial charge on any atom is -0.476 e. The van der Waals surface area contributed by atoms with Crippen molar-refractivity contribution in [2.24, 2.45) is 5.92 Å². The van der Waals surface area contributed by atoms with Crippen molar-refractivity contribution < 1.29 is 32.2 Å². The Labute approximate surface area is 253 Å². The van der Waals surface area contributed by atoms with E-state index < -0.39 is 28.7 Å². The summed E-state index contributed by atoms with van der Waals surface area (Å²) in [5.74, 6) is 3.96. The van der Waals surface area contributed by atoms with E-state index in [1.807, 2.05) is 0 Å². The number of hydrogen-bond acceptors (Lipinski definition) is 6. The van der Waals surface area contributed by atoms with Crippen LogP contribution in [0.1, 0.15) is 65.0 Å². The molecule has 8 nitrogen and oxygen atoms in total. The van der Waals surface area contributed by atoms with E-state index in [1.54, 1.807) is 22.9 Å². The van der Waals surface area contributed by atoms with Crippen LogP contribution in [-0.2, 0) is 28.7 Å². The summed E-state index contributed by atoms with van der Waals surface area (Å²) in [6.45, 7) is 0.711. The van der Waals surface area contributed by atoms with Gasteiger partial charge in [0, 0.05) is 36.0 Å². The summed E-state index contributed by atoms with van der Waals surface area (Å²) in [5.41, 5.74) is 3.32. The van der Waals surface area contributed by atoms with Crippen LogP contribution in [0.4, 0.5) is 8.78 Å². The molecule has 1 aliphatic heterocycles. The van der Waals surface area contributed by atoms with E-state index in [9.17, 15) is 27.4 Å². The van der Waals surface area contributed by atoms with Gasteiger partial charge in [0.15, 0.2) is 16.8 Å². The number of ether oxygens (including phenoxy) is 1. The molecule has 2 aromatic heterocycles. The van der Waals surface area contributed by atoms with Gasteiger partial charge in [0.2, 0.25) is 5.13 Å². The van der Waals surface area contributed by atoms with Gasteiger partial charge in [0.25, 0.3) is 0 Å². The highest BCUT2D eigenvalue weighted by atomic mass is 32.2. The van der Waals surface area contributed by atoms with Crippen LogP contribution in [0.3, 0.4) is 0 Å². The first-order valence-electron chi connectivity index (χ1n) is 13.9. The lowest BCUT2D eigenvalue weighted by atomic mass is 9.96. The van der Waals surface area contributed by atoms with Gasteiger partial charge in [0.1, 0.15) is 16.5 Å². The number of aromatic nitrogens is 3. The number of benzene rings is 2. The monoisotopic (exact) mass is 623 g/mol. The fraction of sp³-hybridized carbons (Fsp3) is 0.323. The van der Waals surface area contributed by atoms with Gasteiger partial charge in [-0.25, -0.2) is 27.5 Å². The quantitative estimate of drug-likeness (QED) is 0.173. The highest BCUT2D eigenvalue weighted by Crippen LogP contribution is 2.38. The average molecular weight is 624 g/mol. The minimum atomic E-state index is -2.47. The Bertz CT molecular complexity index is 1780. The number of thiazole rings is 1. The van der Waals surface area contributed by atoms with E-state index in [2.05, 4.69) is 16.8 Å². The molecule has 2 aromatic carbocycles. The van der Waals surface area contributed by atoms with Gasteiger partial charge in [-0.15, -0.1) is 11.3 Å². The van der Waals surface area contributed by atoms with Crippen LogP contribution in [0.5, 0.6) is 0 Å². The van der Waals surface area contributed by atoms with Crippen LogP contribution in [0, 0.1) is 29.4 Å². The minimum absolute atomic E-state index is 0.0510. The van der Waals surface area contributed by atoms with Crippen molar-refractivity contribution in [2.45, 2.75) is 55.9 Å². The van der Waals surface area contributed by atoms with E-state index in [4.69, 9.17) is 9.84 Å². The zero-order valence-corrected chi connectivity index (χ0v) is 24.5. The van der Waals surface area contributed by atoms with Crippen molar-refractivity contribution in [1.29, 1.82) is 0 Å². The fourth-order valence-corrected chi connectivity index (χ4v) is 6.34. The largest absolute Gasteiger partial charge is 0.476 e. The first-order chi connectivity index (χ1) is 20.8. The Kier molecular flexibility index (Phi) is 8.50. The summed E-state index contributed by atoms with van der Waals surface area (Å²) in [5, 5.41) is 16.2. The van der Waals surface area contributed by atoms with Crippen LogP contribution in [0.25, 0.3) is 16.4 Å². The Hall–Kier alpha value is -3.76. The molecule has 1 saturated carbocycles. The summed E-state index contributed by atoms with van der Waals surface area (Å²) in [6.07, 6.45) is 5.40. The average Bonchev–Trinajstić information content (AvgIpc) is 3.32. The van der Waals surface area contributed by atoms with Crippen LogP contribution in [0.2, 0.25) is 0 Å². The highest BCUT2D eigenvalue weighted by Gasteiger charge is 2.29. The van der Waals surface area contributed by atoms with E-state index >= 15 is 0 Å². The number of carboxylic acids is 1. The Morgan fingerprint density at radius 2 is 2.00 bits per heavy atom. The van der Waals surface area contributed by atoms with Crippen molar-refractivity contribution in [1.82, 2.24) is 14.8 Å². The van der Waals surface area contributed by atoms with Crippen molar-refractivity contribution >= 4 is 28.4 Å². The van der Waals surface area contributed by atoms with Crippen molar-refractivity contribution in [3.05, 3.63) is 81.5 Å². The molecule has 43 heavy (non-hydrogen) atoms. The van der Waals surface area contributed by atoms with Crippen molar-refractivity contribution in [3.8, 4) is 28.2 Å². The summed E-state index contributed by atoms with van der Waals surface area (Å²) in [4.78, 5) is 15.6. The van der Waals surface area contributed by atoms with Crippen molar-refractivity contribution in [3.63, 3.8) is 0 Å². The van der Waals surface area contributed by atoms with E-state index in [0.29, 0.717) is 47.3 Å². The lowest BCUT2D eigenvalue weighted by molar-refractivity contribution is 0.0691. The second-order valence-corrected chi connectivity index (χ2v) is 12.5. The molecule has 2 atom stereocenters. The first kappa shape index (κ1) is 29.3. The van der Waals surface area contributed by atoms with Gasteiger partial charge >= 0.3 is 5.97 Å². The number of hydrogen-bond donors (Lipinski definition) is 2. The number of nitrogens with zero attached hydrogens (tertiary/aromatic N) is 3. The number of carbonyl (C=O) groups is 1. The smallest absolute Gasteiger partial charge is 0.355 e. The zero-order chi connectivity index (χ0) is 30.1. The molecule has 1 saturated heterocycles. The van der Waals surface area contributed by atoms with Crippen LogP contribution in [-0.4, -0.2) is 47.3 Å². The maximum Gasteiger partial charge on any atom is 0.355 e. The normalized spacial score (nSPS) is 17.0. The third-order valence-corrected chi connectivity index (χ3v) is 9.07. The van der Waals surface area contributed by atoms with E-state index in [1.165, 1.54) is 23.6 Å². The number of aromatic carboxylic acids is 1. The topological polar surface area (TPSA) is 115 Å². The molecule has 0 spiro atoms. The molecular weight excluding hydrogens is 596 g/mol. The molecule has 0 radical (unpaired) electrons. The van der Waals surface area contributed by atoms with Crippen LogP contribution >= 0.6 is 11.3 Å². The van der Waals surface area contributed by atoms with E-state index in [0.717, 1.165) is 48.3 Å². The third kappa shape index (κ3) is 6.60. The molecule has 2 unspecified atom stereocenters. The molecule has 1 aliphatic carbocycles. The highest BCUT2D eigenvalue weighted by molar-refractivity contribution is 7.79. The summed E-state index contributed by atoms with van der Waals surface area (Å²) in [7, 11) is 0. The summed E-state index contributed by atoms with van der Waals surface area (Å²) < 4.78 is 57.7. The molecule has 0 amide bonds. The predicted octanol–water partition coefficient (Wildman–Crippen LogP) is 6.02. The van der Waals surface area contributed by atoms with E-state index in [-0.39, 0.29) is 28.7 Å². The Morgan fingerprint density at radius 3 is 2.67 bits per heavy atom. The molecule has 222 valence electrons. The Balaban J connectivity index is 1.46. The number of rotatable bonds is 9. The van der Waals surface area contributed by atoms with Gasteiger partial charge in [-0.1, -0.05) is 17.9 Å². The maximum atomic E-state index is 14.9. The van der Waals surface area contributed by atoms with Gasteiger partial charge in [-0.05, 0) is 73.9 Å². The summed E-state index contributed by atoms with van der Waals surface area (Å²) in [6, 6.07) is 8.69. The molecule has 2 N–H and O–H groups in total. The molecule has 2 aliphatic rings. The van der Waals surface area contributed by atoms with Gasteiger partial charge in [0.05, 0.1) is 23.1 Å². The number of carboxylic acid groups (broad SMARTS) is 1. The first-order valence-corrected chi connectivity index (χ1v) is 15.8. The Morgan fingerprint density at radius 1 is 1.16 bits per heavy atom. The SMILES string of the molecule is O=C(O)c1csc(-n2nc(-c3ccc(F)c(C#CCC4CCCO4)c3)c(Cc3ccc(S(=O)O)c(F)c3)c2CC2CC2)n1. The lowest BCUT2D eigenvalue weighted by Crippen LogP contribution is -2.06. The van der Waals surface area contributed by atoms with Gasteiger partial charge in [-0.3, -0.25) is 0 Å². The molecule has 0 bridgehead atoms. The fourth-order valence-electron chi connectivity index (χ4n) is 5.16. The third-order valence-electron chi connectivity index (χ3n) is 7.54. The molecule has 6 rings (SSSR count). The van der Waals surface area contributed by atoms with Gasteiger partial charge < -0.3 is 14.4 Å². The van der Waals surface area contributed by atoms with Gasteiger partial charge in [-0.2, -0.15) is 5.10 Å². The van der Waals surface area contributed by atoms with Crippen LogP contribution < -0.4 is 0 Å². The maximum absolute atomic E-state index is 14.9. The predicted molar refractivity (Wildman–Crippen MR) is 157 cm³/mol. The molecule has 12 heteroatoms. The second-order valence-electron chi connectivity index (χ2n) is 10.7. The second kappa shape index (κ2) is 12.5. The molecule has 2 fully saturated rings. The zero-order valence-electron chi connectivity index (χ0n) is 22.9. The van der Waals surface area contributed by atoms with Crippen LogP contribution in [0.15, 0.2) is 46.7 Å². The molecular formula is C31H27F2N3O5S2. The summed E-state index contributed by atoms with van der Waals surface area (Å²) >= 11 is -1.32. The number of halogens is 2. The lowest BCUT2D eigenvalue weighted by Gasteiger charge is -2.10. The molecule has 4 aromatic rings. The molecule has 3 heterocycles. The standard InChI is InChI=1S/C31H27F2N3O5S2/c32-24-10-9-21(16-20(24)3-1-4-22-5-2-12-41-22)29-23(13-19-8-11-28(43(39)40)25(33)14-19)27(15-18-6-7-18)36(35-29)31-34-26(17-42-31)30(37)38/h8-11,14,16-18,22H,2,4-7,12-13,15H2,(H,37,38)(H,39,40). The van der Waals surface area contributed by atoms with Crippen molar-refractivity contribution in [2.75, 3.05) is 6.61 Å².